The molecule has 1 N–H and O–H groups in total. The lowest BCUT2D eigenvalue weighted by atomic mass is 10.0. The Morgan fingerprint density at radius 3 is 2.33 bits per heavy atom. The summed E-state index contributed by atoms with van der Waals surface area (Å²) in [6.45, 7) is 6.16. The molecule has 0 radical (unpaired) electrons. The summed E-state index contributed by atoms with van der Waals surface area (Å²) >= 11 is 0. The Hall–Kier alpha value is -2.09. The topological polar surface area (TPSA) is 29.1 Å². The molecule has 2 aromatic carbocycles. The van der Waals surface area contributed by atoms with E-state index in [1.54, 1.807) is 0 Å². The number of anilines is 1. The van der Waals surface area contributed by atoms with E-state index < -0.39 is 0 Å². The van der Waals surface area contributed by atoms with Crippen LogP contribution in [0.15, 0.2) is 30.3 Å². The normalized spacial score (nSPS) is 13.1. The lowest BCUT2D eigenvalue weighted by molar-refractivity contribution is 0.102. The fourth-order valence-corrected chi connectivity index (χ4v) is 3.28. The summed E-state index contributed by atoms with van der Waals surface area (Å²) < 4.78 is 0. The molecule has 2 heteroatoms. The fourth-order valence-electron chi connectivity index (χ4n) is 3.28. The maximum Gasteiger partial charge on any atom is 0.255 e. The van der Waals surface area contributed by atoms with E-state index in [-0.39, 0.29) is 5.91 Å². The molecule has 3 rings (SSSR count). The highest BCUT2D eigenvalue weighted by molar-refractivity contribution is 6.05. The Morgan fingerprint density at radius 1 is 0.952 bits per heavy atom. The van der Waals surface area contributed by atoms with Gasteiger partial charge in [-0.1, -0.05) is 23.8 Å². The zero-order valence-electron chi connectivity index (χ0n) is 12.9. The van der Waals surface area contributed by atoms with Crippen LogP contribution in [0.3, 0.4) is 0 Å². The van der Waals surface area contributed by atoms with Crippen molar-refractivity contribution in [2.45, 2.75) is 40.0 Å². The summed E-state index contributed by atoms with van der Waals surface area (Å²) in [7, 11) is 0. The molecule has 0 aromatic heterocycles. The lowest BCUT2D eigenvalue weighted by Gasteiger charge is -2.13. The van der Waals surface area contributed by atoms with Crippen molar-refractivity contribution in [1.29, 1.82) is 0 Å². The van der Waals surface area contributed by atoms with Gasteiger partial charge in [0.15, 0.2) is 0 Å². The quantitative estimate of drug-likeness (QED) is 0.870. The van der Waals surface area contributed by atoms with Gasteiger partial charge in [-0.3, -0.25) is 4.79 Å². The van der Waals surface area contributed by atoms with Gasteiger partial charge in [-0.05, 0) is 74.4 Å². The molecule has 0 spiro atoms. The molecule has 2 nitrogen and oxygen atoms in total. The first-order chi connectivity index (χ1) is 10.0. The van der Waals surface area contributed by atoms with Crippen LogP contribution in [0.5, 0.6) is 0 Å². The Kier molecular flexibility index (Phi) is 3.54. The van der Waals surface area contributed by atoms with Crippen LogP contribution in [0.2, 0.25) is 0 Å². The number of hydrogen-bond acceptors (Lipinski definition) is 1. The Labute approximate surface area is 126 Å². The third kappa shape index (κ3) is 2.71. The highest BCUT2D eigenvalue weighted by Crippen LogP contribution is 2.25. The third-order valence-corrected chi connectivity index (χ3v) is 4.28. The van der Waals surface area contributed by atoms with Crippen molar-refractivity contribution in [1.82, 2.24) is 0 Å². The van der Waals surface area contributed by atoms with Gasteiger partial charge in [0, 0.05) is 11.3 Å². The summed E-state index contributed by atoms with van der Waals surface area (Å²) in [4.78, 5) is 12.5. The van der Waals surface area contributed by atoms with Crippen molar-refractivity contribution in [3.05, 3.63) is 63.7 Å². The molecule has 1 aliphatic carbocycles. The summed E-state index contributed by atoms with van der Waals surface area (Å²) in [5, 5.41) is 3.07. The van der Waals surface area contributed by atoms with Crippen LogP contribution < -0.4 is 5.32 Å². The van der Waals surface area contributed by atoms with Crippen LogP contribution in [0.4, 0.5) is 5.69 Å². The van der Waals surface area contributed by atoms with Gasteiger partial charge in [0.25, 0.3) is 5.91 Å². The van der Waals surface area contributed by atoms with Gasteiger partial charge in [-0.2, -0.15) is 0 Å². The van der Waals surface area contributed by atoms with Gasteiger partial charge < -0.3 is 5.32 Å². The molecule has 0 saturated heterocycles. The Balaban J connectivity index is 1.87. The van der Waals surface area contributed by atoms with Gasteiger partial charge >= 0.3 is 0 Å². The number of aryl methyl sites for hydroxylation is 5. The molecule has 0 heterocycles. The maximum absolute atomic E-state index is 12.5. The summed E-state index contributed by atoms with van der Waals surface area (Å²) in [6.07, 6.45) is 3.45. The Morgan fingerprint density at radius 2 is 1.62 bits per heavy atom. The van der Waals surface area contributed by atoms with E-state index in [1.165, 1.54) is 23.1 Å². The number of fused-ring (bicyclic) bond motifs is 1. The van der Waals surface area contributed by atoms with Crippen molar-refractivity contribution in [2.24, 2.45) is 0 Å². The number of nitrogens with one attached hydrogen (secondary N) is 1. The minimum Gasteiger partial charge on any atom is -0.322 e. The number of carbonyl (C=O) groups is 1. The molecule has 0 atom stereocenters. The van der Waals surface area contributed by atoms with E-state index in [1.807, 2.05) is 19.9 Å². The highest BCUT2D eigenvalue weighted by Gasteiger charge is 2.15. The standard InChI is InChI=1S/C19H21NO/c1-12-9-13(2)18(14(3)10-12)20-19(21)17-8-7-15-5-4-6-16(15)11-17/h7-11H,4-6H2,1-3H3,(H,20,21). The first-order valence-electron chi connectivity index (χ1n) is 7.55. The van der Waals surface area contributed by atoms with Gasteiger partial charge in [0.05, 0.1) is 0 Å². The lowest BCUT2D eigenvalue weighted by Crippen LogP contribution is -2.14. The monoisotopic (exact) mass is 279 g/mol. The van der Waals surface area contributed by atoms with E-state index in [2.05, 4.69) is 36.5 Å². The average Bonchev–Trinajstić information content (AvgIpc) is 2.89. The van der Waals surface area contributed by atoms with Crippen LogP contribution in [0.1, 0.15) is 44.6 Å². The molecule has 0 saturated carbocycles. The van der Waals surface area contributed by atoms with Gasteiger partial charge in [-0.15, -0.1) is 0 Å². The van der Waals surface area contributed by atoms with Crippen LogP contribution in [0, 0.1) is 20.8 Å². The molecule has 2 aromatic rings. The number of rotatable bonds is 2. The summed E-state index contributed by atoms with van der Waals surface area (Å²) in [5.41, 5.74) is 7.87. The van der Waals surface area contributed by atoms with Gasteiger partial charge in [0.1, 0.15) is 0 Å². The van der Waals surface area contributed by atoms with Crippen molar-refractivity contribution in [3.63, 3.8) is 0 Å². The second kappa shape index (κ2) is 5.36. The minimum absolute atomic E-state index is 0.0141. The smallest absolute Gasteiger partial charge is 0.255 e. The van der Waals surface area contributed by atoms with Crippen LogP contribution >= 0.6 is 0 Å². The number of carbonyl (C=O) groups excluding carboxylic acids is 1. The summed E-state index contributed by atoms with van der Waals surface area (Å²) in [5.74, 6) is -0.0141. The molecule has 0 unspecified atom stereocenters. The van der Waals surface area contributed by atoms with E-state index in [9.17, 15) is 4.79 Å². The highest BCUT2D eigenvalue weighted by atomic mass is 16.1. The van der Waals surface area contributed by atoms with Gasteiger partial charge in [-0.25, -0.2) is 0 Å². The molecule has 1 aliphatic rings. The van der Waals surface area contributed by atoms with Crippen molar-refractivity contribution < 1.29 is 4.79 Å². The molecular formula is C19H21NO. The second-order valence-corrected chi connectivity index (χ2v) is 6.06. The fraction of sp³-hybridized carbons (Fsp3) is 0.316. The van der Waals surface area contributed by atoms with E-state index >= 15 is 0 Å². The molecule has 1 amide bonds. The molecule has 0 fully saturated rings. The molecule has 108 valence electrons. The van der Waals surface area contributed by atoms with Crippen LogP contribution in [-0.4, -0.2) is 5.91 Å². The molecular weight excluding hydrogens is 258 g/mol. The second-order valence-electron chi connectivity index (χ2n) is 6.06. The largest absolute Gasteiger partial charge is 0.322 e. The van der Waals surface area contributed by atoms with Crippen molar-refractivity contribution in [2.75, 3.05) is 5.32 Å². The minimum atomic E-state index is -0.0141. The van der Waals surface area contributed by atoms with Crippen molar-refractivity contribution >= 4 is 11.6 Å². The van der Waals surface area contributed by atoms with Crippen LogP contribution in [-0.2, 0) is 12.8 Å². The first-order valence-corrected chi connectivity index (χ1v) is 7.55. The third-order valence-electron chi connectivity index (χ3n) is 4.28. The first kappa shape index (κ1) is 13.9. The average molecular weight is 279 g/mol. The predicted octanol–water partition coefficient (Wildman–Crippen LogP) is 4.35. The van der Waals surface area contributed by atoms with E-state index in [0.29, 0.717) is 0 Å². The number of amides is 1. The summed E-state index contributed by atoms with van der Waals surface area (Å²) in [6, 6.07) is 10.3. The maximum atomic E-state index is 12.5. The zero-order chi connectivity index (χ0) is 15.0. The van der Waals surface area contributed by atoms with Crippen molar-refractivity contribution in [3.8, 4) is 0 Å². The predicted molar refractivity (Wildman–Crippen MR) is 87.1 cm³/mol. The molecule has 0 aliphatic heterocycles. The molecule has 0 bridgehead atoms. The SMILES string of the molecule is Cc1cc(C)c(NC(=O)c2ccc3c(c2)CCC3)c(C)c1. The molecule has 21 heavy (non-hydrogen) atoms. The van der Waals surface area contributed by atoms with E-state index in [4.69, 9.17) is 0 Å². The Bertz CT molecular complexity index is 692. The zero-order valence-corrected chi connectivity index (χ0v) is 12.9. The van der Waals surface area contributed by atoms with E-state index in [0.717, 1.165) is 35.2 Å². The van der Waals surface area contributed by atoms with Crippen LogP contribution in [0.25, 0.3) is 0 Å². The number of benzene rings is 2. The number of hydrogen-bond donors (Lipinski definition) is 1. The van der Waals surface area contributed by atoms with Gasteiger partial charge in [0.2, 0.25) is 0 Å².